The fraction of sp³-hybridized carbons (Fsp3) is 0.889. The van der Waals surface area contributed by atoms with Gasteiger partial charge in [-0.15, -0.1) is 0 Å². The molecule has 1 saturated heterocycles. The van der Waals surface area contributed by atoms with Gasteiger partial charge in [-0.3, -0.25) is 4.79 Å². The lowest BCUT2D eigenvalue weighted by Crippen LogP contribution is -2.51. The Balaban J connectivity index is 2.52. The van der Waals surface area contributed by atoms with E-state index < -0.39 is 5.60 Å². The van der Waals surface area contributed by atoms with E-state index >= 15 is 0 Å². The minimum absolute atomic E-state index is 0.211. The molecule has 0 radical (unpaired) electrons. The van der Waals surface area contributed by atoms with Crippen LogP contribution in [0.25, 0.3) is 0 Å². The van der Waals surface area contributed by atoms with Crippen LogP contribution in [0.4, 0.5) is 4.79 Å². The number of amides is 2. The molecule has 0 saturated carbocycles. The molecular formula is C18H35N3O3. The van der Waals surface area contributed by atoms with Crippen LogP contribution < -0.4 is 5.73 Å². The van der Waals surface area contributed by atoms with Crippen molar-refractivity contribution in [3.63, 3.8) is 0 Å². The van der Waals surface area contributed by atoms with Gasteiger partial charge in [0.2, 0.25) is 5.91 Å². The average Bonchev–Trinajstić information content (AvgIpc) is 2.36. The summed E-state index contributed by atoms with van der Waals surface area (Å²) in [6.07, 6.45) is 2.20. The number of likely N-dealkylation sites (tertiary alicyclic amines) is 1. The molecule has 0 unspecified atom stereocenters. The highest BCUT2D eigenvalue weighted by molar-refractivity contribution is 5.74. The number of rotatable bonds is 5. The molecule has 0 aromatic heterocycles. The van der Waals surface area contributed by atoms with Crippen LogP contribution in [0.5, 0.6) is 0 Å². The van der Waals surface area contributed by atoms with Crippen LogP contribution in [-0.2, 0) is 9.53 Å². The Morgan fingerprint density at radius 1 is 1.12 bits per heavy atom. The van der Waals surface area contributed by atoms with E-state index in [2.05, 4.69) is 4.90 Å². The van der Waals surface area contributed by atoms with Gasteiger partial charge in [0, 0.05) is 25.0 Å². The highest BCUT2D eigenvalue weighted by Gasteiger charge is 2.31. The Bertz CT molecular complexity index is 430. The fourth-order valence-electron chi connectivity index (χ4n) is 2.96. The van der Waals surface area contributed by atoms with E-state index in [1.165, 1.54) is 0 Å². The SMILES string of the molecule is CC(C)(C)OC(=O)N(CCN1CCC(CC(N)=O)CC1)C(C)(C)C. The molecule has 0 bridgehead atoms. The predicted octanol–water partition coefficient (Wildman–Crippen LogP) is 2.61. The van der Waals surface area contributed by atoms with Gasteiger partial charge >= 0.3 is 6.09 Å². The molecule has 1 heterocycles. The van der Waals surface area contributed by atoms with E-state index in [1.54, 1.807) is 4.90 Å². The Hall–Kier alpha value is -1.30. The zero-order chi connectivity index (χ0) is 18.5. The largest absolute Gasteiger partial charge is 0.444 e. The highest BCUT2D eigenvalue weighted by Crippen LogP contribution is 2.22. The number of nitrogens with two attached hydrogens (primary N) is 1. The standard InChI is InChI=1S/C18H35N3O3/c1-17(2,3)21(16(23)24-18(4,5)6)12-11-20-9-7-14(8-10-20)13-15(19)22/h14H,7-13H2,1-6H3,(H2,19,22). The smallest absolute Gasteiger partial charge is 0.410 e. The number of piperidine rings is 1. The first-order chi connectivity index (χ1) is 10.9. The number of hydrogen-bond donors (Lipinski definition) is 1. The summed E-state index contributed by atoms with van der Waals surface area (Å²) in [4.78, 5) is 27.6. The number of ether oxygens (including phenoxy) is 1. The minimum Gasteiger partial charge on any atom is -0.444 e. The molecule has 0 atom stereocenters. The number of primary amides is 1. The summed E-state index contributed by atoms with van der Waals surface area (Å²) < 4.78 is 5.54. The Kier molecular flexibility index (Phi) is 7.08. The summed E-state index contributed by atoms with van der Waals surface area (Å²) in [6.45, 7) is 15.1. The van der Waals surface area contributed by atoms with E-state index in [9.17, 15) is 9.59 Å². The van der Waals surface area contributed by atoms with Gasteiger partial charge in [-0.05, 0) is 73.4 Å². The van der Waals surface area contributed by atoms with Gasteiger partial charge in [0.05, 0.1) is 0 Å². The van der Waals surface area contributed by atoms with Crippen LogP contribution >= 0.6 is 0 Å². The van der Waals surface area contributed by atoms with Crippen molar-refractivity contribution in [2.45, 2.75) is 71.9 Å². The van der Waals surface area contributed by atoms with Gasteiger partial charge in [0.15, 0.2) is 0 Å². The first kappa shape index (κ1) is 20.7. The van der Waals surface area contributed by atoms with Gasteiger partial charge < -0.3 is 20.3 Å². The van der Waals surface area contributed by atoms with E-state index in [0.29, 0.717) is 18.9 Å². The molecule has 0 aromatic rings. The van der Waals surface area contributed by atoms with Crippen LogP contribution in [0.15, 0.2) is 0 Å². The summed E-state index contributed by atoms with van der Waals surface area (Å²) in [5, 5.41) is 0. The summed E-state index contributed by atoms with van der Waals surface area (Å²) in [5.74, 6) is 0.195. The predicted molar refractivity (Wildman–Crippen MR) is 95.7 cm³/mol. The topological polar surface area (TPSA) is 75.9 Å². The van der Waals surface area contributed by atoms with Gasteiger partial charge in [0.1, 0.15) is 5.60 Å². The second-order valence-electron chi connectivity index (χ2n) is 8.76. The molecule has 0 aliphatic carbocycles. The van der Waals surface area contributed by atoms with Crippen molar-refractivity contribution in [1.82, 2.24) is 9.80 Å². The van der Waals surface area contributed by atoms with Gasteiger partial charge in [0.25, 0.3) is 0 Å². The summed E-state index contributed by atoms with van der Waals surface area (Å²) in [5.41, 5.74) is 4.50. The molecule has 2 amide bonds. The molecule has 6 heteroatoms. The molecule has 0 spiro atoms. The summed E-state index contributed by atoms with van der Waals surface area (Å²) in [7, 11) is 0. The van der Waals surface area contributed by atoms with Gasteiger partial charge in [-0.25, -0.2) is 4.79 Å². The van der Waals surface area contributed by atoms with Crippen molar-refractivity contribution in [3.8, 4) is 0 Å². The molecule has 1 aliphatic heterocycles. The lowest BCUT2D eigenvalue weighted by atomic mass is 9.93. The van der Waals surface area contributed by atoms with Crippen LogP contribution in [0.2, 0.25) is 0 Å². The van der Waals surface area contributed by atoms with Crippen LogP contribution in [0.1, 0.15) is 60.8 Å². The first-order valence-electron chi connectivity index (χ1n) is 8.90. The Morgan fingerprint density at radius 2 is 1.67 bits per heavy atom. The molecule has 6 nitrogen and oxygen atoms in total. The summed E-state index contributed by atoms with van der Waals surface area (Å²) in [6, 6.07) is 0. The number of carbonyl (C=O) groups excluding carboxylic acids is 2. The third-order valence-electron chi connectivity index (χ3n) is 4.26. The number of carbonyl (C=O) groups is 2. The monoisotopic (exact) mass is 341 g/mol. The maximum atomic E-state index is 12.5. The molecule has 140 valence electrons. The lowest BCUT2D eigenvalue weighted by Gasteiger charge is -2.39. The number of nitrogens with zero attached hydrogens (tertiary/aromatic N) is 2. The molecule has 24 heavy (non-hydrogen) atoms. The molecule has 1 rings (SSSR count). The van der Waals surface area contributed by atoms with Gasteiger partial charge in [-0.1, -0.05) is 0 Å². The zero-order valence-corrected chi connectivity index (χ0v) is 16.2. The molecule has 2 N–H and O–H groups in total. The van der Waals surface area contributed by atoms with Crippen molar-refractivity contribution in [2.75, 3.05) is 26.2 Å². The van der Waals surface area contributed by atoms with Crippen LogP contribution in [0, 0.1) is 5.92 Å². The van der Waals surface area contributed by atoms with E-state index in [1.807, 2.05) is 41.5 Å². The third-order valence-corrected chi connectivity index (χ3v) is 4.26. The van der Waals surface area contributed by atoms with Gasteiger partial charge in [-0.2, -0.15) is 0 Å². The Labute approximate surface area is 146 Å². The maximum absolute atomic E-state index is 12.5. The fourth-order valence-corrected chi connectivity index (χ4v) is 2.96. The highest BCUT2D eigenvalue weighted by atomic mass is 16.6. The van der Waals surface area contributed by atoms with E-state index in [4.69, 9.17) is 10.5 Å². The minimum atomic E-state index is -0.492. The Morgan fingerprint density at radius 3 is 2.08 bits per heavy atom. The van der Waals surface area contributed by atoms with E-state index in [-0.39, 0.29) is 17.5 Å². The molecule has 0 aromatic carbocycles. The molecule has 1 aliphatic rings. The lowest BCUT2D eigenvalue weighted by molar-refractivity contribution is -0.119. The van der Waals surface area contributed by atoms with Crippen molar-refractivity contribution in [2.24, 2.45) is 11.7 Å². The second kappa shape index (κ2) is 8.19. The number of hydrogen-bond acceptors (Lipinski definition) is 4. The van der Waals surface area contributed by atoms with Crippen LogP contribution in [-0.4, -0.2) is 59.1 Å². The zero-order valence-electron chi connectivity index (χ0n) is 16.2. The van der Waals surface area contributed by atoms with E-state index in [0.717, 1.165) is 32.5 Å². The average molecular weight is 341 g/mol. The van der Waals surface area contributed by atoms with Crippen molar-refractivity contribution >= 4 is 12.0 Å². The van der Waals surface area contributed by atoms with Crippen molar-refractivity contribution in [1.29, 1.82) is 0 Å². The molecular weight excluding hydrogens is 306 g/mol. The van der Waals surface area contributed by atoms with Crippen molar-refractivity contribution < 1.29 is 14.3 Å². The van der Waals surface area contributed by atoms with Crippen molar-refractivity contribution in [3.05, 3.63) is 0 Å². The van der Waals surface area contributed by atoms with Crippen LogP contribution in [0.3, 0.4) is 0 Å². The molecule has 1 fully saturated rings. The quantitative estimate of drug-likeness (QED) is 0.834. The maximum Gasteiger partial charge on any atom is 0.410 e. The first-order valence-corrected chi connectivity index (χ1v) is 8.90. The normalized spacial score (nSPS) is 17.6. The third kappa shape index (κ3) is 7.51. The summed E-state index contributed by atoms with van der Waals surface area (Å²) >= 11 is 0. The second-order valence-corrected chi connectivity index (χ2v) is 8.76.